The van der Waals surface area contributed by atoms with Crippen molar-refractivity contribution in [3.63, 3.8) is 0 Å². The number of likely N-dealkylation sites (tertiary alicyclic amines) is 3. The SMILES string of the molecule is Cc1ncnc(C)c1C(=O)N1C[C@H]2CN(CCC3(c4ccccc4)CCN(C(=O)C4CCCC4)C3)C[C@H]2C1. The van der Waals surface area contributed by atoms with Crippen molar-refractivity contribution in [2.24, 2.45) is 17.8 Å². The minimum absolute atomic E-state index is 0.0393. The van der Waals surface area contributed by atoms with Gasteiger partial charge in [-0.15, -0.1) is 0 Å². The fourth-order valence-corrected chi connectivity index (χ4v) is 7.74. The summed E-state index contributed by atoms with van der Waals surface area (Å²) in [5.74, 6) is 1.79. The van der Waals surface area contributed by atoms with Crippen molar-refractivity contribution in [1.29, 1.82) is 0 Å². The van der Waals surface area contributed by atoms with Crippen LogP contribution in [0.2, 0.25) is 0 Å². The van der Waals surface area contributed by atoms with Crippen molar-refractivity contribution in [2.75, 3.05) is 45.8 Å². The zero-order valence-corrected chi connectivity index (χ0v) is 22.9. The lowest BCUT2D eigenvalue weighted by atomic mass is 9.76. The highest BCUT2D eigenvalue weighted by atomic mass is 16.2. The van der Waals surface area contributed by atoms with Crippen LogP contribution in [0.25, 0.3) is 0 Å². The molecule has 202 valence electrons. The number of aromatic nitrogens is 2. The molecule has 7 nitrogen and oxygen atoms in total. The van der Waals surface area contributed by atoms with E-state index in [4.69, 9.17) is 0 Å². The van der Waals surface area contributed by atoms with E-state index in [0.717, 1.165) is 82.9 Å². The Labute approximate surface area is 226 Å². The zero-order chi connectivity index (χ0) is 26.3. The quantitative estimate of drug-likeness (QED) is 0.585. The fraction of sp³-hybridized carbons (Fsp3) is 0.613. The lowest BCUT2D eigenvalue weighted by molar-refractivity contribution is -0.134. The molecule has 1 saturated carbocycles. The van der Waals surface area contributed by atoms with Crippen molar-refractivity contribution in [2.45, 2.75) is 57.8 Å². The summed E-state index contributed by atoms with van der Waals surface area (Å²) < 4.78 is 0. The van der Waals surface area contributed by atoms with Gasteiger partial charge < -0.3 is 14.7 Å². The normalized spacial score (nSPS) is 27.8. The van der Waals surface area contributed by atoms with Gasteiger partial charge in [-0.2, -0.15) is 0 Å². The van der Waals surface area contributed by atoms with Crippen molar-refractivity contribution in [1.82, 2.24) is 24.7 Å². The van der Waals surface area contributed by atoms with Gasteiger partial charge in [0.25, 0.3) is 5.91 Å². The summed E-state index contributed by atoms with van der Waals surface area (Å²) in [5, 5.41) is 0. The number of hydrogen-bond donors (Lipinski definition) is 0. The molecule has 3 saturated heterocycles. The van der Waals surface area contributed by atoms with E-state index in [1.165, 1.54) is 24.7 Å². The predicted molar refractivity (Wildman–Crippen MR) is 147 cm³/mol. The summed E-state index contributed by atoms with van der Waals surface area (Å²) in [6.45, 7) is 10.3. The molecule has 2 amide bonds. The van der Waals surface area contributed by atoms with Crippen LogP contribution >= 0.6 is 0 Å². The van der Waals surface area contributed by atoms with Gasteiger partial charge in [0, 0.05) is 50.6 Å². The highest BCUT2D eigenvalue weighted by Crippen LogP contribution is 2.41. The summed E-state index contributed by atoms with van der Waals surface area (Å²) in [6.07, 6.45) is 8.21. The van der Waals surface area contributed by atoms with Crippen LogP contribution < -0.4 is 0 Å². The molecule has 1 unspecified atom stereocenters. The van der Waals surface area contributed by atoms with Gasteiger partial charge in [-0.25, -0.2) is 9.97 Å². The number of nitrogens with zero attached hydrogens (tertiary/aromatic N) is 5. The summed E-state index contributed by atoms with van der Waals surface area (Å²) >= 11 is 0. The average Bonchev–Trinajstić information content (AvgIpc) is 3.72. The maximum Gasteiger partial charge on any atom is 0.257 e. The van der Waals surface area contributed by atoms with E-state index < -0.39 is 0 Å². The molecule has 0 spiro atoms. The summed E-state index contributed by atoms with van der Waals surface area (Å²) in [6, 6.07) is 10.9. The van der Waals surface area contributed by atoms with Crippen molar-refractivity contribution < 1.29 is 9.59 Å². The Bertz CT molecular complexity index is 1150. The molecule has 4 aliphatic rings. The summed E-state index contributed by atoms with van der Waals surface area (Å²) in [5.41, 5.74) is 3.63. The summed E-state index contributed by atoms with van der Waals surface area (Å²) in [7, 11) is 0. The maximum atomic E-state index is 13.3. The topological polar surface area (TPSA) is 69.6 Å². The van der Waals surface area contributed by atoms with Gasteiger partial charge in [0.15, 0.2) is 0 Å². The Balaban J connectivity index is 1.09. The van der Waals surface area contributed by atoms with Gasteiger partial charge in [-0.05, 0) is 63.5 Å². The molecule has 3 aliphatic heterocycles. The molecule has 3 atom stereocenters. The number of carbonyl (C=O) groups is 2. The average molecular weight is 516 g/mol. The highest BCUT2D eigenvalue weighted by Gasteiger charge is 2.45. The van der Waals surface area contributed by atoms with Crippen LogP contribution in [-0.2, 0) is 10.2 Å². The third-order valence-corrected chi connectivity index (χ3v) is 9.95. The van der Waals surface area contributed by atoms with Crippen LogP contribution in [0.15, 0.2) is 36.7 Å². The molecule has 1 aromatic carbocycles. The van der Waals surface area contributed by atoms with Gasteiger partial charge >= 0.3 is 0 Å². The van der Waals surface area contributed by atoms with Gasteiger partial charge in [-0.3, -0.25) is 9.59 Å². The lowest BCUT2D eigenvalue weighted by Crippen LogP contribution is -2.39. The number of carbonyl (C=O) groups excluding carboxylic acids is 2. The van der Waals surface area contributed by atoms with E-state index in [2.05, 4.69) is 50.1 Å². The van der Waals surface area contributed by atoms with Crippen molar-refractivity contribution in [3.05, 3.63) is 59.2 Å². The molecule has 4 heterocycles. The standard InChI is InChI=1S/C31H41N5O2/c1-22-28(23(2)33-21-32-22)30(38)36-18-25-16-34(17-26(25)19-36)14-12-31(27-10-4-3-5-11-27)13-15-35(20-31)29(37)24-8-6-7-9-24/h3-5,10-11,21,24-26H,6-9,12-20H2,1-2H3/t25-,26+,31?. The first-order valence-corrected chi connectivity index (χ1v) is 14.6. The summed E-state index contributed by atoms with van der Waals surface area (Å²) in [4.78, 5) is 41.9. The monoisotopic (exact) mass is 515 g/mol. The first-order valence-electron chi connectivity index (χ1n) is 14.6. The number of benzene rings is 1. The van der Waals surface area contributed by atoms with E-state index in [1.54, 1.807) is 0 Å². The van der Waals surface area contributed by atoms with Crippen LogP contribution in [0, 0.1) is 31.6 Å². The molecule has 0 radical (unpaired) electrons. The van der Waals surface area contributed by atoms with Gasteiger partial charge in [0.2, 0.25) is 5.91 Å². The minimum atomic E-state index is 0.0393. The molecular formula is C31H41N5O2. The van der Waals surface area contributed by atoms with Crippen molar-refractivity contribution in [3.8, 4) is 0 Å². The van der Waals surface area contributed by atoms with Crippen LogP contribution in [-0.4, -0.2) is 82.3 Å². The largest absolute Gasteiger partial charge is 0.342 e. The van der Waals surface area contributed by atoms with E-state index in [9.17, 15) is 9.59 Å². The van der Waals surface area contributed by atoms with E-state index in [0.29, 0.717) is 23.3 Å². The second-order valence-corrected chi connectivity index (χ2v) is 12.3. The second-order valence-electron chi connectivity index (χ2n) is 12.3. The van der Waals surface area contributed by atoms with Gasteiger partial charge in [0.1, 0.15) is 6.33 Å². The molecule has 7 heteroatoms. The lowest BCUT2D eigenvalue weighted by Gasteiger charge is -2.33. The molecule has 2 aromatic rings. The van der Waals surface area contributed by atoms with E-state index in [1.807, 2.05) is 18.7 Å². The molecule has 0 N–H and O–H groups in total. The fourth-order valence-electron chi connectivity index (χ4n) is 7.74. The Hall–Kier alpha value is -2.80. The molecule has 0 bridgehead atoms. The first kappa shape index (κ1) is 25.5. The molecule has 4 fully saturated rings. The number of hydrogen-bond acceptors (Lipinski definition) is 5. The highest BCUT2D eigenvalue weighted by molar-refractivity contribution is 5.96. The molecule has 6 rings (SSSR count). The maximum absolute atomic E-state index is 13.3. The zero-order valence-electron chi connectivity index (χ0n) is 22.9. The van der Waals surface area contributed by atoms with Crippen LogP contribution in [0.5, 0.6) is 0 Å². The van der Waals surface area contributed by atoms with Gasteiger partial charge in [-0.1, -0.05) is 43.2 Å². The second kappa shape index (κ2) is 10.4. The van der Waals surface area contributed by atoms with E-state index in [-0.39, 0.29) is 17.2 Å². The third kappa shape index (κ3) is 4.74. The molecule has 1 aromatic heterocycles. The number of fused-ring (bicyclic) bond motifs is 1. The van der Waals surface area contributed by atoms with Crippen LogP contribution in [0.1, 0.15) is 65.8 Å². The minimum Gasteiger partial charge on any atom is -0.342 e. The predicted octanol–water partition coefficient (Wildman–Crippen LogP) is 3.85. The third-order valence-electron chi connectivity index (χ3n) is 9.95. The first-order chi connectivity index (χ1) is 18.4. The number of amides is 2. The van der Waals surface area contributed by atoms with E-state index >= 15 is 0 Å². The Morgan fingerprint density at radius 2 is 1.58 bits per heavy atom. The van der Waals surface area contributed by atoms with Crippen molar-refractivity contribution >= 4 is 11.8 Å². The Kier molecular flexibility index (Phi) is 6.97. The molecule has 1 aliphatic carbocycles. The molecule has 38 heavy (non-hydrogen) atoms. The number of rotatable bonds is 6. The Morgan fingerprint density at radius 1 is 0.921 bits per heavy atom. The molecular weight excluding hydrogens is 474 g/mol. The van der Waals surface area contributed by atoms with Crippen LogP contribution in [0.4, 0.5) is 0 Å². The van der Waals surface area contributed by atoms with Crippen LogP contribution in [0.3, 0.4) is 0 Å². The Morgan fingerprint density at radius 3 is 2.24 bits per heavy atom. The van der Waals surface area contributed by atoms with Gasteiger partial charge in [0.05, 0.1) is 17.0 Å². The number of aryl methyl sites for hydroxylation is 2. The smallest absolute Gasteiger partial charge is 0.257 e.